The van der Waals surface area contributed by atoms with Gasteiger partial charge in [0, 0.05) is 21.2 Å². The molecule has 0 fully saturated rings. The fraction of sp³-hybridized carbons (Fsp3) is 0.125. The van der Waals surface area contributed by atoms with E-state index in [1.165, 1.54) is 3.97 Å². The highest BCUT2D eigenvalue weighted by Gasteiger charge is 2.20. The number of ether oxygens (including phenoxy) is 1. The van der Waals surface area contributed by atoms with Crippen LogP contribution in [0.15, 0.2) is 53.6 Å². The van der Waals surface area contributed by atoms with Crippen molar-refractivity contribution in [1.29, 1.82) is 0 Å². The second-order valence-electron chi connectivity index (χ2n) is 4.97. The lowest BCUT2D eigenvalue weighted by Gasteiger charge is -2.08. The monoisotopic (exact) mass is 427 g/mol. The maximum Gasteiger partial charge on any atom is 0.268 e. The van der Waals surface area contributed by atoms with Gasteiger partial charge in [-0.1, -0.05) is 17.7 Å². The Bertz CT molecular complexity index is 943. The van der Waals surface area contributed by atoms with E-state index in [1.54, 1.807) is 43.6 Å². The maximum atomic E-state index is 12.9. The summed E-state index contributed by atoms with van der Waals surface area (Å²) >= 11 is 2.14. The highest BCUT2D eigenvalue weighted by Crippen LogP contribution is 2.29. The lowest BCUT2D eigenvalue weighted by Crippen LogP contribution is -2.11. The molecule has 0 atom stereocenters. The van der Waals surface area contributed by atoms with Crippen LogP contribution in [-0.2, 0) is 10.0 Å². The molecule has 22 heavy (non-hydrogen) atoms. The number of hydrogen-bond donors (Lipinski definition) is 0. The first kappa shape index (κ1) is 15.4. The van der Waals surface area contributed by atoms with Gasteiger partial charge < -0.3 is 4.74 Å². The van der Waals surface area contributed by atoms with Crippen LogP contribution in [-0.4, -0.2) is 19.5 Å². The standard InChI is InChI=1S/C16H14INO3S/c1-11-3-6-13(7-4-11)22(19,20)18-10-15(17)14-8-5-12(21-2)9-16(14)18/h3-10H,1-2H3. The molecule has 3 aromatic rings. The van der Waals surface area contributed by atoms with Crippen molar-refractivity contribution in [3.8, 4) is 5.75 Å². The van der Waals surface area contributed by atoms with Gasteiger partial charge in [-0.05, 0) is 53.8 Å². The van der Waals surface area contributed by atoms with Crippen LogP contribution in [0, 0.1) is 10.5 Å². The van der Waals surface area contributed by atoms with Crippen LogP contribution in [0.4, 0.5) is 0 Å². The van der Waals surface area contributed by atoms with Gasteiger partial charge in [0.25, 0.3) is 10.0 Å². The third-order valence-electron chi connectivity index (χ3n) is 3.51. The molecule has 4 nitrogen and oxygen atoms in total. The zero-order valence-corrected chi connectivity index (χ0v) is 15.1. The highest BCUT2D eigenvalue weighted by atomic mass is 127. The van der Waals surface area contributed by atoms with Crippen LogP contribution in [0.25, 0.3) is 10.9 Å². The zero-order valence-electron chi connectivity index (χ0n) is 12.1. The van der Waals surface area contributed by atoms with E-state index in [0.717, 1.165) is 14.5 Å². The van der Waals surface area contributed by atoms with Gasteiger partial charge in [-0.25, -0.2) is 12.4 Å². The van der Waals surface area contributed by atoms with E-state index in [9.17, 15) is 8.42 Å². The lowest BCUT2D eigenvalue weighted by atomic mass is 10.2. The van der Waals surface area contributed by atoms with Crippen molar-refractivity contribution in [3.05, 3.63) is 57.8 Å². The average Bonchev–Trinajstić information content (AvgIpc) is 2.85. The second-order valence-corrected chi connectivity index (χ2v) is 7.95. The first-order valence-electron chi connectivity index (χ1n) is 6.60. The van der Waals surface area contributed by atoms with E-state index < -0.39 is 10.0 Å². The Morgan fingerprint density at radius 2 is 1.77 bits per heavy atom. The molecule has 2 aromatic carbocycles. The van der Waals surface area contributed by atoms with Crippen LogP contribution < -0.4 is 4.74 Å². The van der Waals surface area contributed by atoms with Crippen LogP contribution >= 0.6 is 22.6 Å². The first-order valence-corrected chi connectivity index (χ1v) is 9.12. The van der Waals surface area contributed by atoms with Crippen molar-refractivity contribution in [2.24, 2.45) is 0 Å². The topological polar surface area (TPSA) is 48.3 Å². The van der Waals surface area contributed by atoms with Crippen molar-refractivity contribution in [1.82, 2.24) is 3.97 Å². The average molecular weight is 427 g/mol. The summed E-state index contributed by atoms with van der Waals surface area (Å²) in [5, 5.41) is 0.886. The fourth-order valence-corrected chi connectivity index (χ4v) is 4.57. The first-order chi connectivity index (χ1) is 10.4. The Morgan fingerprint density at radius 1 is 1.09 bits per heavy atom. The maximum absolute atomic E-state index is 12.9. The quantitative estimate of drug-likeness (QED) is 0.598. The number of methoxy groups -OCH3 is 1. The fourth-order valence-electron chi connectivity index (χ4n) is 2.29. The Hall–Kier alpha value is -1.54. The molecule has 0 bridgehead atoms. The van der Waals surface area contributed by atoms with Gasteiger partial charge >= 0.3 is 0 Å². The van der Waals surface area contributed by atoms with Crippen LogP contribution in [0.2, 0.25) is 0 Å². The third-order valence-corrected chi connectivity index (χ3v) is 6.06. The summed E-state index contributed by atoms with van der Waals surface area (Å²) in [6.07, 6.45) is 1.64. The van der Waals surface area contributed by atoms with Crippen molar-refractivity contribution in [3.63, 3.8) is 0 Å². The second kappa shape index (κ2) is 5.58. The molecule has 0 saturated carbocycles. The van der Waals surface area contributed by atoms with Crippen molar-refractivity contribution < 1.29 is 13.2 Å². The molecule has 114 valence electrons. The minimum absolute atomic E-state index is 0.272. The Labute approximate surface area is 142 Å². The van der Waals surface area contributed by atoms with Gasteiger partial charge in [0.05, 0.1) is 17.5 Å². The lowest BCUT2D eigenvalue weighted by molar-refractivity contribution is 0.415. The van der Waals surface area contributed by atoms with E-state index in [0.29, 0.717) is 11.3 Å². The van der Waals surface area contributed by atoms with E-state index in [-0.39, 0.29) is 4.90 Å². The molecule has 0 saturated heterocycles. The molecule has 6 heteroatoms. The molecule has 0 amide bonds. The third kappa shape index (κ3) is 2.50. The minimum atomic E-state index is -3.63. The van der Waals surface area contributed by atoms with Crippen molar-refractivity contribution >= 4 is 43.5 Å². The van der Waals surface area contributed by atoms with Gasteiger partial charge in [-0.2, -0.15) is 0 Å². The summed E-state index contributed by atoms with van der Waals surface area (Å²) in [5.41, 5.74) is 1.64. The summed E-state index contributed by atoms with van der Waals surface area (Å²) in [5.74, 6) is 0.627. The summed E-state index contributed by atoms with van der Waals surface area (Å²) < 4.78 is 33.2. The summed E-state index contributed by atoms with van der Waals surface area (Å²) in [4.78, 5) is 0.272. The van der Waals surface area contributed by atoms with E-state index >= 15 is 0 Å². The zero-order chi connectivity index (χ0) is 15.9. The molecular weight excluding hydrogens is 413 g/mol. The van der Waals surface area contributed by atoms with Gasteiger partial charge in [0.2, 0.25) is 0 Å². The SMILES string of the molecule is COc1ccc2c(I)cn(S(=O)(=O)c3ccc(C)cc3)c2c1. The van der Waals surface area contributed by atoms with Gasteiger partial charge in [0.15, 0.2) is 0 Å². The summed E-state index contributed by atoms with van der Waals surface area (Å²) in [6.45, 7) is 1.93. The predicted molar refractivity (Wildman–Crippen MR) is 95.0 cm³/mol. The molecule has 0 spiro atoms. The molecule has 0 aliphatic carbocycles. The number of nitrogens with zero attached hydrogens (tertiary/aromatic N) is 1. The number of aromatic nitrogens is 1. The van der Waals surface area contributed by atoms with Gasteiger partial charge in [0.1, 0.15) is 5.75 Å². The molecule has 0 unspecified atom stereocenters. The van der Waals surface area contributed by atoms with Crippen molar-refractivity contribution in [2.45, 2.75) is 11.8 Å². The van der Waals surface area contributed by atoms with Gasteiger partial charge in [-0.15, -0.1) is 0 Å². The number of fused-ring (bicyclic) bond motifs is 1. The largest absolute Gasteiger partial charge is 0.497 e. The molecule has 1 aromatic heterocycles. The van der Waals surface area contributed by atoms with Crippen LogP contribution in [0.5, 0.6) is 5.75 Å². The molecule has 3 rings (SSSR count). The van der Waals surface area contributed by atoms with Crippen molar-refractivity contribution in [2.75, 3.05) is 7.11 Å². The number of benzene rings is 2. The van der Waals surface area contributed by atoms with Crippen LogP contribution in [0.1, 0.15) is 5.56 Å². The van der Waals surface area contributed by atoms with E-state index in [4.69, 9.17) is 4.74 Å². The van der Waals surface area contributed by atoms with E-state index in [1.807, 2.05) is 19.1 Å². The highest BCUT2D eigenvalue weighted by molar-refractivity contribution is 14.1. The Morgan fingerprint density at radius 3 is 2.41 bits per heavy atom. The molecule has 0 radical (unpaired) electrons. The Balaban J connectivity index is 2.26. The molecule has 0 N–H and O–H groups in total. The van der Waals surface area contributed by atoms with E-state index in [2.05, 4.69) is 22.6 Å². The smallest absolute Gasteiger partial charge is 0.268 e. The number of aryl methyl sites for hydroxylation is 1. The van der Waals surface area contributed by atoms with Gasteiger partial charge in [-0.3, -0.25) is 0 Å². The minimum Gasteiger partial charge on any atom is -0.497 e. The Kier molecular flexibility index (Phi) is 3.90. The molecule has 0 aliphatic heterocycles. The number of rotatable bonds is 3. The molecule has 1 heterocycles. The molecule has 0 aliphatic rings. The summed E-state index contributed by atoms with van der Waals surface area (Å²) in [6, 6.07) is 12.3. The number of hydrogen-bond acceptors (Lipinski definition) is 3. The van der Waals surface area contributed by atoms with Crippen LogP contribution in [0.3, 0.4) is 0 Å². The summed E-state index contributed by atoms with van der Waals surface area (Å²) in [7, 11) is -2.07. The predicted octanol–water partition coefficient (Wildman–Crippen LogP) is 3.80. The number of halogens is 1. The normalized spacial score (nSPS) is 11.8. The molecular formula is C16H14INO3S.